The molecule has 3 heterocycles. The number of nitrogens with zero attached hydrogens (tertiary/aromatic N) is 3. The molecule has 8 nitrogen and oxygen atoms in total. The molecule has 0 radical (unpaired) electrons. The Balaban J connectivity index is 1.60. The highest BCUT2D eigenvalue weighted by Gasteiger charge is 2.55. The molecular weight excluding hydrogens is 346 g/mol. The van der Waals surface area contributed by atoms with Gasteiger partial charge >= 0.3 is 0 Å². The number of hydrogen-bond acceptors (Lipinski definition) is 6. The zero-order valence-electron chi connectivity index (χ0n) is 15.0. The molecule has 0 spiro atoms. The van der Waals surface area contributed by atoms with E-state index in [9.17, 15) is 9.59 Å². The number of para-hydroxylation sites is 1. The molecule has 3 unspecified atom stereocenters. The highest BCUT2D eigenvalue weighted by molar-refractivity contribution is 6.01. The maximum Gasteiger partial charge on any atom is 0.238 e. The van der Waals surface area contributed by atoms with Gasteiger partial charge in [-0.25, -0.2) is 9.97 Å². The lowest BCUT2D eigenvalue weighted by Gasteiger charge is -2.52. The summed E-state index contributed by atoms with van der Waals surface area (Å²) < 4.78 is 6.20. The first kappa shape index (κ1) is 17.3. The molecule has 2 aromatic rings. The number of benzene rings is 1. The summed E-state index contributed by atoms with van der Waals surface area (Å²) in [7, 11) is 0. The van der Waals surface area contributed by atoms with Crippen molar-refractivity contribution in [1.29, 1.82) is 0 Å². The number of hydrogen-bond donors (Lipinski definition) is 2. The Morgan fingerprint density at radius 1 is 1.33 bits per heavy atom. The van der Waals surface area contributed by atoms with E-state index in [4.69, 9.17) is 10.5 Å². The van der Waals surface area contributed by atoms with Crippen molar-refractivity contribution in [3.05, 3.63) is 48.3 Å². The van der Waals surface area contributed by atoms with Gasteiger partial charge in [-0.3, -0.25) is 9.59 Å². The van der Waals surface area contributed by atoms with Crippen molar-refractivity contribution < 1.29 is 14.3 Å². The minimum atomic E-state index is -0.892. The number of carbonyl (C=O) groups is 2. The molecule has 1 saturated heterocycles. The fourth-order valence-electron chi connectivity index (χ4n) is 4.05. The van der Waals surface area contributed by atoms with E-state index in [1.807, 2.05) is 31.2 Å². The van der Waals surface area contributed by atoms with Crippen LogP contribution in [0.15, 0.2) is 42.7 Å². The Labute approximate surface area is 156 Å². The Kier molecular flexibility index (Phi) is 4.18. The summed E-state index contributed by atoms with van der Waals surface area (Å²) in [6, 6.07) is 9.24. The number of amides is 2. The van der Waals surface area contributed by atoms with Gasteiger partial charge in [-0.1, -0.05) is 18.2 Å². The number of aromatic nitrogens is 2. The number of ether oxygens (including phenoxy) is 1. The number of likely N-dealkylation sites (tertiary alicyclic amines) is 1. The quantitative estimate of drug-likeness (QED) is 0.766. The average molecular weight is 367 g/mol. The summed E-state index contributed by atoms with van der Waals surface area (Å²) in [6.07, 6.45) is 3.79. The van der Waals surface area contributed by atoms with Crippen molar-refractivity contribution in [2.24, 2.45) is 11.7 Å². The normalized spacial score (nSPS) is 26.1. The molecule has 8 heteroatoms. The van der Waals surface area contributed by atoms with Crippen molar-refractivity contribution >= 4 is 17.8 Å². The molecular formula is C19H21N5O3. The van der Waals surface area contributed by atoms with E-state index in [2.05, 4.69) is 15.3 Å². The summed E-state index contributed by atoms with van der Waals surface area (Å²) in [5.41, 5.74) is 5.64. The number of piperidine rings is 1. The number of anilines is 1. The smallest absolute Gasteiger partial charge is 0.238 e. The predicted molar refractivity (Wildman–Crippen MR) is 97.8 cm³/mol. The molecule has 2 amide bonds. The van der Waals surface area contributed by atoms with Gasteiger partial charge in [-0.2, -0.15) is 0 Å². The fourth-order valence-corrected chi connectivity index (χ4v) is 4.05. The lowest BCUT2D eigenvalue weighted by Crippen LogP contribution is -2.65. The Morgan fingerprint density at radius 2 is 2.07 bits per heavy atom. The lowest BCUT2D eigenvalue weighted by molar-refractivity contribution is -0.174. The molecule has 0 aliphatic carbocycles. The van der Waals surface area contributed by atoms with Crippen LogP contribution in [0.3, 0.4) is 0 Å². The number of fused-ring (bicyclic) bond motifs is 4. The first-order chi connectivity index (χ1) is 13.0. The van der Waals surface area contributed by atoms with E-state index in [0.29, 0.717) is 31.2 Å². The Hall–Kier alpha value is -3.16. The highest BCUT2D eigenvalue weighted by atomic mass is 16.5. The predicted octanol–water partition coefficient (Wildman–Crippen LogP) is 1.11. The summed E-state index contributed by atoms with van der Waals surface area (Å²) in [6.45, 7) is 2.64. The second-order valence-corrected chi connectivity index (χ2v) is 6.99. The van der Waals surface area contributed by atoms with E-state index in [1.54, 1.807) is 23.4 Å². The van der Waals surface area contributed by atoms with Crippen LogP contribution in [0.1, 0.15) is 24.8 Å². The monoisotopic (exact) mass is 367 g/mol. The Morgan fingerprint density at radius 3 is 2.81 bits per heavy atom. The average Bonchev–Trinajstić information content (AvgIpc) is 2.65. The Bertz CT molecular complexity index is 875. The van der Waals surface area contributed by atoms with E-state index < -0.39 is 17.6 Å². The lowest BCUT2D eigenvalue weighted by atomic mass is 9.73. The second-order valence-electron chi connectivity index (χ2n) is 6.99. The van der Waals surface area contributed by atoms with Gasteiger partial charge in [0.05, 0.1) is 0 Å². The van der Waals surface area contributed by atoms with Crippen LogP contribution < -0.4 is 15.8 Å². The van der Waals surface area contributed by atoms with Gasteiger partial charge in [0, 0.05) is 37.8 Å². The first-order valence-electron chi connectivity index (χ1n) is 8.89. The van der Waals surface area contributed by atoms with Gasteiger partial charge in [0.15, 0.2) is 5.72 Å². The SMILES string of the molecule is CC12CC(c3ccccc3O1)C(C(N)=O)C(=O)N2CCNc1ncccn1. The highest BCUT2D eigenvalue weighted by Crippen LogP contribution is 2.49. The van der Waals surface area contributed by atoms with Gasteiger partial charge in [0.2, 0.25) is 17.8 Å². The topological polar surface area (TPSA) is 110 Å². The van der Waals surface area contributed by atoms with E-state index in [0.717, 1.165) is 5.56 Å². The summed E-state index contributed by atoms with van der Waals surface area (Å²) >= 11 is 0. The third kappa shape index (κ3) is 2.97. The van der Waals surface area contributed by atoms with Crippen LogP contribution in [0.4, 0.5) is 5.95 Å². The molecule has 0 saturated carbocycles. The van der Waals surface area contributed by atoms with Crippen molar-refractivity contribution in [3.63, 3.8) is 0 Å². The van der Waals surface area contributed by atoms with E-state index in [-0.39, 0.29) is 11.8 Å². The molecule has 27 heavy (non-hydrogen) atoms. The summed E-state index contributed by atoms with van der Waals surface area (Å²) in [5.74, 6) is -0.895. The molecule has 2 aliphatic heterocycles. The van der Waals surface area contributed by atoms with E-state index >= 15 is 0 Å². The molecule has 1 fully saturated rings. The van der Waals surface area contributed by atoms with Crippen LogP contribution in [0.5, 0.6) is 5.75 Å². The largest absolute Gasteiger partial charge is 0.468 e. The minimum Gasteiger partial charge on any atom is -0.468 e. The van der Waals surface area contributed by atoms with Crippen molar-refractivity contribution in [2.45, 2.75) is 25.0 Å². The van der Waals surface area contributed by atoms with Gasteiger partial charge in [-0.05, 0) is 24.6 Å². The van der Waals surface area contributed by atoms with Crippen LogP contribution >= 0.6 is 0 Å². The van der Waals surface area contributed by atoms with Crippen molar-refractivity contribution in [2.75, 3.05) is 18.4 Å². The van der Waals surface area contributed by atoms with Crippen LogP contribution in [0.25, 0.3) is 0 Å². The summed E-state index contributed by atoms with van der Waals surface area (Å²) in [4.78, 5) is 35.0. The fraction of sp³-hybridized carbons (Fsp3) is 0.368. The number of carbonyl (C=O) groups excluding carboxylic acids is 2. The van der Waals surface area contributed by atoms with Crippen LogP contribution in [-0.2, 0) is 9.59 Å². The van der Waals surface area contributed by atoms with Gasteiger partial charge in [-0.15, -0.1) is 0 Å². The molecule has 2 bridgehead atoms. The molecule has 3 N–H and O–H groups in total. The van der Waals surface area contributed by atoms with Crippen LogP contribution in [0.2, 0.25) is 0 Å². The molecule has 3 atom stereocenters. The number of rotatable bonds is 5. The maximum absolute atomic E-state index is 13.1. The molecule has 1 aromatic carbocycles. The molecule has 4 rings (SSSR count). The zero-order valence-corrected chi connectivity index (χ0v) is 15.0. The maximum atomic E-state index is 13.1. The van der Waals surface area contributed by atoms with Gasteiger partial charge < -0.3 is 20.7 Å². The van der Waals surface area contributed by atoms with Crippen LogP contribution in [0, 0.1) is 5.92 Å². The van der Waals surface area contributed by atoms with Crippen molar-refractivity contribution in [1.82, 2.24) is 14.9 Å². The number of primary amides is 1. The standard InChI is InChI=1S/C19H21N5O3/c1-19-11-13(12-5-2-3-6-14(12)27-19)15(16(20)25)17(26)24(19)10-9-23-18-21-7-4-8-22-18/h2-8,13,15H,9-11H2,1H3,(H2,20,25)(H,21,22,23). The van der Waals surface area contributed by atoms with E-state index in [1.165, 1.54) is 0 Å². The second kappa shape index (κ2) is 6.53. The van der Waals surface area contributed by atoms with Gasteiger partial charge in [0.1, 0.15) is 11.7 Å². The molecule has 140 valence electrons. The first-order valence-corrected chi connectivity index (χ1v) is 8.89. The zero-order chi connectivity index (χ0) is 19.0. The third-order valence-electron chi connectivity index (χ3n) is 5.24. The van der Waals surface area contributed by atoms with Gasteiger partial charge in [0.25, 0.3) is 0 Å². The minimum absolute atomic E-state index is 0.272. The summed E-state index contributed by atoms with van der Waals surface area (Å²) in [5, 5.41) is 3.08. The molecule has 1 aromatic heterocycles. The van der Waals surface area contributed by atoms with Crippen LogP contribution in [-0.4, -0.2) is 45.5 Å². The number of nitrogens with one attached hydrogen (secondary N) is 1. The van der Waals surface area contributed by atoms with Crippen molar-refractivity contribution in [3.8, 4) is 5.75 Å². The third-order valence-corrected chi connectivity index (χ3v) is 5.24. The molecule has 2 aliphatic rings. The number of nitrogens with two attached hydrogens (primary N) is 1.